The lowest BCUT2D eigenvalue weighted by atomic mass is 10.00. The molecule has 0 fully saturated rings. The van der Waals surface area contributed by atoms with Crippen molar-refractivity contribution in [3.8, 4) is 34.0 Å². The van der Waals surface area contributed by atoms with Crippen molar-refractivity contribution in [3.63, 3.8) is 0 Å². The Kier molecular flexibility index (Phi) is 11.6. The molecule has 92 heavy (non-hydrogen) atoms. The number of benzene rings is 15. The van der Waals surface area contributed by atoms with Crippen LogP contribution in [0.15, 0.2) is 336 Å². The summed E-state index contributed by atoms with van der Waals surface area (Å²) in [6.07, 6.45) is 0. The largest absolute Gasteiger partial charge is 0.456 e. The molecule has 4 aromatic heterocycles. The predicted octanol–water partition coefficient (Wildman–Crippen LogP) is 24.3. The summed E-state index contributed by atoms with van der Waals surface area (Å²) in [6, 6.07) is 119. The zero-order valence-corrected chi connectivity index (χ0v) is 49.8. The van der Waals surface area contributed by atoms with E-state index in [1.54, 1.807) is 0 Å². The number of aromatic nitrogens is 2. The van der Waals surface area contributed by atoms with Gasteiger partial charge in [0, 0.05) is 99.7 Å². The number of hydrogen-bond acceptors (Lipinski definition) is 4. The van der Waals surface area contributed by atoms with E-state index in [4.69, 9.17) is 8.83 Å². The molecule has 0 saturated heterocycles. The van der Waals surface area contributed by atoms with Crippen LogP contribution in [0.1, 0.15) is 0 Å². The van der Waals surface area contributed by atoms with Crippen LogP contribution in [0.5, 0.6) is 0 Å². The third kappa shape index (κ3) is 8.28. The standard InChI is InChI=1S/C86H54N4O2/c1-5-19-65(20-6-1)87(69-37-33-55-47-63(31-29-57(55)49-69)81-53-61-17-13-15-27-79(61)91-81)71-39-43-73-59(51-71)35-41-75-83-77(89(85(73)75)67-23-9-3-10-24-67)45-46-78-84(83)76-42-36-60-52-72(40-44-74(60)86(76)90(78)68-25-11-4-12-26-68)88(66-21-7-2-8-22-66)70-38-34-56-48-64(32-30-58(56)50-70)82-54-62-18-14-16-28-80(62)92-82/h1-54H. The van der Waals surface area contributed by atoms with Gasteiger partial charge in [-0.2, -0.15) is 0 Å². The second kappa shape index (κ2) is 20.6. The molecule has 4 heterocycles. The average Bonchev–Trinajstić information content (AvgIpc) is 1.55. The lowest BCUT2D eigenvalue weighted by molar-refractivity contribution is 0.631. The van der Waals surface area contributed by atoms with Crippen LogP contribution in [0.4, 0.5) is 34.1 Å². The molecule has 0 spiro atoms. The fourth-order valence-electron chi connectivity index (χ4n) is 14.5. The van der Waals surface area contributed by atoms with Gasteiger partial charge in [-0.15, -0.1) is 0 Å². The van der Waals surface area contributed by atoms with E-state index in [1.165, 1.54) is 43.4 Å². The van der Waals surface area contributed by atoms with E-state index in [-0.39, 0.29) is 0 Å². The first-order valence-corrected chi connectivity index (χ1v) is 31.4. The molecule has 0 unspecified atom stereocenters. The quantitative estimate of drug-likeness (QED) is 0.137. The van der Waals surface area contributed by atoms with Gasteiger partial charge in [0.15, 0.2) is 0 Å². The van der Waals surface area contributed by atoms with E-state index < -0.39 is 0 Å². The van der Waals surface area contributed by atoms with Crippen molar-refractivity contribution < 1.29 is 8.83 Å². The minimum Gasteiger partial charge on any atom is -0.456 e. The van der Waals surface area contributed by atoms with Crippen molar-refractivity contribution in [2.24, 2.45) is 0 Å². The highest BCUT2D eigenvalue weighted by atomic mass is 16.3. The maximum absolute atomic E-state index is 6.30. The van der Waals surface area contributed by atoms with Crippen LogP contribution in [0.3, 0.4) is 0 Å². The van der Waals surface area contributed by atoms with Gasteiger partial charge in [-0.05, 0) is 178 Å². The van der Waals surface area contributed by atoms with Gasteiger partial charge < -0.3 is 27.8 Å². The molecule has 430 valence electrons. The molecule has 19 aromatic rings. The van der Waals surface area contributed by atoms with Crippen molar-refractivity contribution in [2.75, 3.05) is 9.80 Å². The molecular formula is C86H54N4O2. The molecule has 6 nitrogen and oxygen atoms in total. The third-order valence-corrected chi connectivity index (χ3v) is 18.7. The Morgan fingerprint density at radius 3 is 0.989 bits per heavy atom. The molecule has 0 aliphatic carbocycles. The summed E-state index contributed by atoms with van der Waals surface area (Å²) >= 11 is 0. The summed E-state index contributed by atoms with van der Waals surface area (Å²) in [5.41, 5.74) is 17.2. The molecule has 0 aliphatic rings. The normalized spacial score (nSPS) is 11.9. The van der Waals surface area contributed by atoms with Gasteiger partial charge in [0.2, 0.25) is 0 Å². The van der Waals surface area contributed by atoms with Crippen LogP contribution in [-0.2, 0) is 0 Å². The summed E-state index contributed by atoms with van der Waals surface area (Å²) < 4.78 is 17.6. The first kappa shape index (κ1) is 51.6. The number of anilines is 6. The molecule has 0 amide bonds. The molecule has 0 bridgehead atoms. The fourth-order valence-corrected chi connectivity index (χ4v) is 14.5. The van der Waals surface area contributed by atoms with E-state index in [9.17, 15) is 0 Å². The first-order chi connectivity index (χ1) is 45.6. The highest BCUT2D eigenvalue weighted by Gasteiger charge is 2.25. The maximum atomic E-state index is 6.30. The second-order valence-corrected chi connectivity index (χ2v) is 24.1. The van der Waals surface area contributed by atoms with Crippen molar-refractivity contribution >= 4 is 143 Å². The van der Waals surface area contributed by atoms with Gasteiger partial charge >= 0.3 is 0 Å². The molecule has 0 atom stereocenters. The monoisotopic (exact) mass is 1170 g/mol. The van der Waals surface area contributed by atoms with Gasteiger partial charge in [0.1, 0.15) is 22.7 Å². The van der Waals surface area contributed by atoms with Crippen LogP contribution in [0, 0.1) is 0 Å². The number of fused-ring (bicyclic) bond motifs is 15. The molecule has 0 saturated carbocycles. The van der Waals surface area contributed by atoms with E-state index in [1.807, 2.05) is 24.3 Å². The molecule has 0 N–H and O–H groups in total. The Bertz CT molecular complexity index is 5700. The van der Waals surface area contributed by atoms with Gasteiger partial charge in [0.05, 0.1) is 22.1 Å². The lowest BCUT2D eigenvalue weighted by Crippen LogP contribution is -2.09. The smallest absolute Gasteiger partial charge is 0.135 e. The maximum Gasteiger partial charge on any atom is 0.135 e. The highest BCUT2D eigenvalue weighted by molar-refractivity contribution is 6.33. The summed E-state index contributed by atoms with van der Waals surface area (Å²) in [4.78, 5) is 4.75. The molecular weight excluding hydrogens is 1120 g/mol. The van der Waals surface area contributed by atoms with Gasteiger partial charge in [-0.1, -0.05) is 182 Å². The number of para-hydroxylation sites is 6. The number of rotatable bonds is 10. The first-order valence-electron chi connectivity index (χ1n) is 31.4. The Balaban J connectivity index is 0.764. The molecule has 15 aromatic carbocycles. The summed E-state index contributed by atoms with van der Waals surface area (Å²) in [5.74, 6) is 1.74. The topological polar surface area (TPSA) is 42.6 Å². The SMILES string of the molecule is c1ccc(N(c2ccc3cc(-c4cc5ccccc5o4)ccc3c2)c2ccc3c(ccc4c5c6c7ccc8cc(N(c9ccccc9)c9ccc%10cc(-c%11cc%12ccccc%12o%11)ccc%10c9)ccc8c7n(-c7ccccc7)c6ccc5n(-c5ccccc5)c34)c2)cc1. The van der Waals surface area contributed by atoms with Crippen molar-refractivity contribution in [3.05, 3.63) is 328 Å². The lowest BCUT2D eigenvalue weighted by Gasteiger charge is -2.26. The van der Waals surface area contributed by atoms with E-state index in [0.717, 1.165) is 133 Å². The molecule has 0 radical (unpaired) electrons. The fraction of sp³-hybridized carbons (Fsp3) is 0. The number of hydrogen-bond donors (Lipinski definition) is 0. The summed E-state index contributed by atoms with van der Waals surface area (Å²) in [7, 11) is 0. The highest BCUT2D eigenvalue weighted by Crippen LogP contribution is 2.48. The Morgan fingerprint density at radius 1 is 0.228 bits per heavy atom. The van der Waals surface area contributed by atoms with Crippen molar-refractivity contribution in [1.82, 2.24) is 9.13 Å². The van der Waals surface area contributed by atoms with E-state index in [0.29, 0.717) is 0 Å². The van der Waals surface area contributed by atoms with Gasteiger partial charge in [0.25, 0.3) is 0 Å². The zero-order chi connectivity index (χ0) is 60.4. The minimum absolute atomic E-state index is 0.868. The molecule has 6 heteroatoms. The molecule has 0 aliphatic heterocycles. The Labute approximate surface area is 529 Å². The second-order valence-electron chi connectivity index (χ2n) is 24.1. The number of nitrogens with zero attached hydrogens (tertiary/aromatic N) is 4. The van der Waals surface area contributed by atoms with E-state index >= 15 is 0 Å². The Morgan fingerprint density at radius 2 is 0.565 bits per heavy atom. The van der Waals surface area contributed by atoms with Crippen LogP contribution in [0.2, 0.25) is 0 Å². The van der Waals surface area contributed by atoms with Crippen LogP contribution < -0.4 is 9.80 Å². The van der Waals surface area contributed by atoms with Crippen LogP contribution in [0.25, 0.3) is 143 Å². The van der Waals surface area contributed by atoms with Crippen LogP contribution >= 0.6 is 0 Å². The minimum atomic E-state index is 0.868. The molecule has 19 rings (SSSR count). The summed E-state index contributed by atoms with van der Waals surface area (Å²) in [6.45, 7) is 0. The van der Waals surface area contributed by atoms with E-state index in [2.05, 4.69) is 322 Å². The zero-order valence-electron chi connectivity index (χ0n) is 49.8. The number of furan rings is 2. The van der Waals surface area contributed by atoms with Crippen molar-refractivity contribution in [2.45, 2.75) is 0 Å². The average molecular weight is 1180 g/mol. The summed E-state index contributed by atoms with van der Waals surface area (Å²) in [5, 5.41) is 16.3. The third-order valence-electron chi connectivity index (χ3n) is 18.7. The van der Waals surface area contributed by atoms with Crippen molar-refractivity contribution in [1.29, 1.82) is 0 Å². The van der Waals surface area contributed by atoms with Gasteiger partial charge in [-0.25, -0.2) is 0 Å². The van der Waals surface area contributed by atoms with Crippen LogP contribution in [-0.4, -0.2) is 9.13 Å². The van der Waals surface area contributed by atoms with Gasteiger partial charge in [-0.3, -0.25) is 0 Å². The predicted molar refractivity (Wildman–Crippen MR) is 385 cm³/mol. The Hall–Kier alpha value is -12.4.